The molecule has 0 aliphatic carbocycles. The van der Waals surface area contributed by atoms with E-state index in [4.69, 9.17) is 0 Å². The Balaban J connectivity index is 1.94. The Bertz CT molecular complexity index is 953. The Morgan fingerprint density at radius 3 is 2.57 bits per heavy atom. The first-order valence-corrected chi connectivity index (χ1v) is 10.3. The molecule has 6 nitrogen and oxygen atoms in total. The summed E-state index contributed by atoms with van der Waals surface area (Å²) in [5.74, 6) is 1.46. The molecule has 7 heteroatoms. The zero-order chi connectivity index (χ0) is 20.1. The maximum Gasteiger partial charge on any atom is 0.230 e. The molecule has 0 saturated carbocycles. The van der Waals surface area contributed by atoms with E-state index in [1.165, 1.54) is 17.3 Å². The van der Waals surface area contributed by atoms with Crippen molar-refractivity contribution >= 4 is 17.7 Å². The summed E-state index contributed by atoms with van der Waals surface area (Å²) in [6.07, 6.45) is 3.48. The molecule has 1 amide bonds. The van der Waals surface area contributed by atoms with Crippen LogP contribution in [0.2, 0.25) is 0 Å². The largest absolute Gasteiger partial charge is 0.355 e. The fourth-order valence-electron chi connectivity index (χ4n) is 2.82. The molecule has 0 bridgehead atoms. The number of hydrogen-bond acceptors (Lipinski definition) is 5. The van der Waals surface area contributed by atoms with Gasteiger partial charge in [0.15, 0.2) is 11.0 Å². The molecule has 1 aromatic carbocycles. The van der Waals surface area contributed by atoms with E-state index in [-0.39, 0.29) is 5.91 Å². The van der Waals surface area contributed by atoms with Gasteiger partial charge in [-0.15, -0.1) is 10.2 Å². The van der Waals surface area contributed by atoms with Crippen molar-refractivity contribution in [2.24, 2.45) is 5.92 Å². The third kappa shape index (κ3) is 4.78. The molecule has 0 radical (unpaired) electrons. The summed E-state index contributed by atoms with van der Waals surface area (Å²) < 4.78 is 2.02. The van der Waals surface area contributed by atoms with Crippen LogP contribution in [0.3, 0.4) is 0 Å². The molecule has 0 aliphatic heterocycles. The van der Waals surface area contributed by atoms with Gasteiger partial charge < -0.3 is 5.32 Å². The van der Waals surface area contributed by atoms with Gasteiger partial charge in [0.2, 0.25) is 5.91 Å². The maximum absolute atomic E-state index is 12.2. The molecule has 1 N–H and O–H groups in total. The first kappa shape index (κ1) is 20.1. The molecule has 0 unspecified atom stereocenters. The van der Waals surface area contributed by atoms with Crippen LogP contribution in [0.15, 0.2) is 47.9 Å². The van der Waals surface area contributed by atoms with Gasteiger partial charge in [0, 0.05) is 24.5 Å². The van der Waals surface area contributed by atoms with Crippen LogP contribution in [0.1, 0.15) is 25.0 Å². The molecule has 3 rings (SSSR count). The lowest BCUT2D eigenvalue weighted by Gasteiger charge is -2.13. The van der Waals surface area contributed by atoms with Crippen molar-refractivity contribution in [2.75, 3.05) is 12.3 Å². The summed E-state index contributed by atoms with van der Waals surface area (Å²) in [5.41, 5.74) is 4.26. The Morgan fingerprint density at radius 2 is 1.89 bits per heavy atom. The molecule has 0 saturated heterocycles. The third-order valence-electron chi connectivity index (χ3n) is 4.20. The normalized spacial score (nSPS) is 11.0. The lowest BCUT2D eigenvalue weighted by atomic mass is 10.1. The second-order valence-electron chi connectivity index (χ2n) is 7.15. The molecule has 0 spiro atoms. The molecular weight excluding hydrogens is 370 g/mol. The quantitative estimate of drug-likeness (QED) is 0.616. The number of pyridine rings is 1. The van der Waals surface area contributed by atoms with Crippen molar-refractivity contribution in [3.05, 3.63) is 53.9 Å². The maximum atomic E-state index is 12.2. The van der Waals surface area contributed by atoms with Crippen molar-refractivity contribution in [1.82, 2.24) is 25.1 Å². The minimum Gasteiger partial charge on any atom is -0.355 e. The van der Waals surface area contributed by atoms with Crippen LogP contribution in [0, 0.1) is 19.8 Å². The SMILES string of the molecule is Cc1ccc(-n2c(SCC(=O)NCC(C)C)nnc2-c2ccncc2)c(C)c1. The van der Waals surface area contributed by atoms with Crippen LogP contribution in [0.5, 0.6) is 0 Å². The van der Waals surface area contributed by atoms with Crippen molar-refractivity contribution in [1.29, 1.82) is 0 Å². The predicted octanol–water partition coefficient (Wildman–Crippen LogP) is 3.81. The minimum atomic E-state index is -0.000612. The molecule has 2 heterocycles. The number of benzene rings is 1. The number of carbonyl (C=O) groups excluding carboxylic acids is 1. The highest BCUT2D eigenvalue weighted by Gasteiger charge is 2.18. The number of aromatic nitrogens is 4. The number of carbonyl (C=O) groups is 1. The van der Waals surface area contributed by atoms with Crippen molar-refractivity contribution in [3.63, 3.8) is 0 Å². The Labute approximate surface area is 169 Å². The average molecular weight is 396 g/mol. The van der Waals surface area contributed by atoms with E-state index >= 15 is 0 Å². The number of thioether (sulfide) groups is 1. The third-order valence-corrected chi connectivity index (χ3v) is 5.13. The van der Waals surface area contributed by atoms with Gasteiger partial charge >= 0.3 is 0 Å². The van der Waals surface area contributed by atoms with E-state index in [1.54, 1.807) is 12.4 Å². The van der Waals surface area contributed by atoms with E-state index in [9.17, 15) is 4.79 Å². The van der Waals surface area contributed by atoms with Crippen LogP contribution in [-0.4, -0.2) is 38.0 Å². The van der Waals surface area contributed by atoms with Gasteiger partial charge in [-0.05, 0) is 43.5 Å². The fraction of sp³-hybridized carbons (Fsp3) is 0.333. The summed E-state index contributed by atoms with van der Waals surface area (Å²) in [4.78, 5) is 16.2. The number of rotatable bonds is 7. The van der Waals surface area contributed by atoms with Crippen LogP contribution in [0.4, 0.5) is 0 Å². The standard InChI is InChI=1S/C21H25N5OS/c1-14(2)12-23-19(27)13-28-21-25-24-20(17-7-9-22-10-8-17)26(21)18-6-5-15(3)11-16(18)4/h5-11,14H,12-13H2,1-4H3,(H,23,27). The second-order valence-corrected chi connectivity index (χ2v) is 8.10. The van der Waals surface area contributed by atoms with Crippen LogP contribution < -0.4 is 5.32 Å². The fourth-order valence-corrected chi connectivity index (χ4v) is 3.60. The van der Waals surface area contributed by atoms with Crippen molar-refractivity contribution < 1.29 is 4.79 Å². The number of aryl methyl sites for hydroxylation is 2. The summed E-state index contributed by atoms with van der Waals surface area (Å²) >= 11 is 1.39. The van der Waals surface area contributed by atoms with Gasteiger partial charge in [0.05, 0.1) is 11.4 Å². The van der Waals surface area contributed by atoms with Crippen molar-refractivity contribution in [2.45, 2.75) is 32.9 Å². The van der Waals surface area contributed by atoms with Crippen LogP contribution in [0.25, 0.3) is 17.1 Å². The van der Waals surface area contributed by atoms with E-state index in [1.807, 2.05) is 16.7 Å². The minimum absolute atomic E-state index is 0.000612. The van der Waals surface area contributed by atoms with Gasteiger partial charge in [-0.2, -0.15) is 0 Å². The summed E-state index contributed by atoms with van der Waals surface area (Å²) in [6, 6.07) is 10.1. The molecule has 146 valence electrons. The number of amides is 1. The van der Waals surface area contributed by atoms with Crippen molar-refractivity contribution in [3.8, 4) is 17.1 Å². The lowest BCUT2D eigenvalue weighted by molar-refractivity contribution is -0.118. The predicted molar refractivity (Wildman–Crippen MR) is 113 cm³/mol. The molecule has 0 fully saturated rings. The topological polar surface area (TPSA) is 72.7 Å². The number of hydrogen-bond donors (Lipinski definition) is 1. The number of nitrogens with one attached hydrogen (secondary N) is 1. The zero-order valence-corrected chi connectivity index (χ0v) is 17.5. The Morgan fingerprint density at radius 1 is 1.14 bits per heavy atom. The second kappa shape index (κ2) is 9.01. The van der Waals surface area contributed by atoms with Gasteiger partial charge in [-0.25, -0.2) is 0 Å². The zero-order valence-electron chi connectivity index (χ0n) is 16.6. The molecule has 28 heavy (non-hydrogen) atoms. The Hall–Kier alpha value is -2.67. The van der Waals surface area contributed by atoms with Crippen LogP contribution in [-0.2, 0) is 4.79 Å². The molecule has 0 atom stereocenters. The highest BCUT2D eigenvalue weighted by Crippen LogP contribution is 2.29. The Kier molecular flexibility index (Phi) is 6.46. The van der Waals surface area contributed by atoms with Gasteiger partial charge in [0.25, 0.3) is 0 Å². The van der Waals surface area contributed by atoms with Gasteiger partial charge in [-0.1, -0.05) is 43.3 Å². The molecular formula is C21H25N5OS. The highest BCUT2D eigenvalue weighted by molar-refractivity contribution is 7.99. The van der Waals surface area contributed by atoms with Crippen LogP contribution >= 0.6 is 11.8 Å². The van der Waals surface area contributed by atoms with Gasteiger partial charge in [-0.3, -0.25) is 14.3 Å². The van der Waals surface area contributed by atoms with E-state index < -0.39 is 0 Å². The van der Waals surface area contributed by atoms with Gasteiger partial charge in [0.1, 0.15) is 0 Å². The van der Waals surface area contributed by atoms with E-state index in [2.05, 4.69) is 66.4 Å². The molecule has 0 aliphatic rings. The highest BCUT2D eigenvalue weighted by atomic mass is 32.2. The number of nitrogens with zero attached hydrogens (tertiary/aromatic N) is 4. The first-order valence-electron chi connectivity index (χ1n) is 9.28. The monoisotopic (exact) mass is 395 g/mol. The summed E-state index contributed by atoms with van der Waals surface area (Å²) in [6.45, 7) is 8.96. The first-order chi connectivity index (χ1) is 13.5. The summed E-state index contributed by atoms with van der Waals surface area (Å²) in [5, 5.41) is 12.4. The molecule has 2 aromatic heterocycles. The smallest absolute Gasteiger partial charge is 0.230 e. The molecule has 3 aromatic rings. The van der Waals surface area contributed by atoms with E-state index in [0.717, 1.165) is 22.6 Å². The lowest BCUT2D eigenvalue weighted by Crippen LogP contribution is -2.28. The summed E-state index contributed by atoms with van der Waals surface area (Å²) in [7, 11) is 0. The average Bonchev–Trinajstić information content (AvgIpc) is 3.09. The van der Waals surface area contributed by atoms with E-state index in [0.29, 0.717) is 23.4 Å².